The van der Waals surface area contributed by atoms with Crippen LogP contribution in [0.2, 0.25) is 0 Å². The van der Waals surface area contributed by atoms with Crippen LogP contribution in [0, 0.1) is 12.8 Å². The highest BCUT2D eigenvalue weighted by molar-refractivity contribution is 5.97. The zero-order valence-corrected chi connectivity index (χ0v) is 19.2. The molecule has 1 fully saturated rings. The van der Waals surface area contributed by atoms with Crippen molar-refractivity contribution in [3.63, 3.8) is 0 Å². The maximum absolute atomic E-state index is 13.3. The van der Waals surface area contributed by atoms with Gasteiger partial charge in [0.05, 0.1) is 5.69 Å². The second-order valence-corrected chi connectivity index (χ2v) is 8.60. The zero-order valence-electron chi connectivity index (χ0n) is 19.2. The van der Waals surface area contributed by atoms with E-state index in [1.54, 1.807) is 10.7 Å². The Balaban J connectivity index is 1.41. The van der Waals surface area contributed by atoms with Gasteiger partial charge >= 0.3 is 0 Å². The highest BCUT2D eigenvalue weighted by Crippen LogP contribution is 2.18. The van der Waals surface area contributed by atoms with Gasteiger partial charge in [-0.3, -0.25) is 9.59 Å². The number of nitrogens with one attached hydrogen (secondary N) is 1. The number of aromatic nitrogens is 4. The van der Waals surface area contributed by atoms with Crippen molar-refractivity contribution in [1.82, 2.24) is 30.4 Å². The Morgan fingerprint density at radius 1 is 0.970 bits per heavy atom. The first-order valence-electron chi connectivity index (χ1n) is 11.2. The smallest absolute Gasteiger partial charge is 0.251 e. The first-order valence-corrected chi connectivity index (χ1v) is 11.2. The fraction of sp³-hybridized carbons (Fsp3) is 0.375. The molecule has 0 bridgehead atoms. The molecule has 1 aliphatic rings. The van der Waals surface area contributed by atoms with Gasteiger partial charge in [0.2, 0.25) is 11.9 Å². The molecule has 172 valence electrons. The quantitative estimate of drug-likeness (QED) is 0.622. The van der Waals surface area contributed by atoms with Crippen LogP contribution in [0.5, 0.6) is 0 Å². The Morgan fingerprint density at radius 3 is 2.36 bits per heavy atom. The summed E-state index contributed by atoms with van der Waals surface area (Å²) in [5.74, 6) is 0.329. The predicted octanol–water partition coefficient (Wildman–Crippen LogP) is 2.07. The van der Waals surface area contributed by atoms with Crippen molar-refractivity contribution in [1.29, 1.82) is 0 Å². The van der Waals surface area contributed by atoms with E-state index in [0.717, 1.165) is 11.3 Å². The third-order valence-corrected chi connectivity index (χ3v) is 5.83. The second-order valence-electron chi connectivity index (χ2n) is 8.60. The molecule has 0 aliphatic carbocycles. The Kier molecular flexibility index (Phi) is 6.67. The fourth-order valence-corrected chi connectivity index (χ4v) is 3.96. The van der Waals surface area contributed by atoms with Crippen LogP contribution >= 0.6 is 0 Å². The average Bonchev–Trinajstić information content (AvgIpc) is 3.32. The topological polar surface area (TPSA) is 96.2 Å². The van der Waals surface area contributed by atoms with Crippen molar-refractivity contribution < 1.29 is 9.59 Å². The van der Waals surface area contributed by atoms with Gasteiger partial charge in [-0.1, -0.05) is 54.8 Å². The largest absolute Gasteiger partial charge is 0.340 e. The summed E-state index contributed by atoms with van der Waals surface area (Å²) in [6.45, 7) is 8.11. The van der Waals surface area contributed by atoms with E-state index in [0.29, 0.717) is 37.7 Å². The van der Waals surface area contributed by atoms with Gasteiger partial charge in [-0.05, 0) is 47.5 Å². The molecule has 2 heterocycles. The number of anilines is 1. The molecule has 9 heteroatoms. The number of carbonyl (C=O) groups excluding carboxylic acids is 2. The maximum Gasteiger partial charge on any atom is 0.251 e. The van der Waals surface area contributed by atoms with Crippen LogP contribution in [0.3, 0.4) is 0 Å². The fourth-order valence-electron chi connectivity index (χ4n) is 3.96. The molecule has 0 radical (unpaired) electrons. The molecular formula is C24H29N7O2. The van der Waals surface area contributed by atoms with Crippen molar-refractivity contribution in [3.05, 3.63) is 65.7 Å². The van der Waals surface area contributed by atoms with E-state index in [-0.39, 0.29) is 17.7 Å². The first-order chi connectivity index (χ1) is 15.9. The molecule has 1 saturated heterocycles. The highest BCUT2D eigenvalue weighted by Gasteiger charge is 2.32. The summed E-state index contributed by atoms with van der Waals surface area (Å²) in [6, 6.07) is 16.5. The minimum atomic E-state index is -0.584. The number of piperazine rings is 1. The summed E-state index contributed by atoms with van der Waals surface area (Å²) in [4.78, 5) is 30.0. The van der Waals surface area contributed by atoms with Crippen molar-refractivity contribution in [2.45, 2.75) is 26.8 Å². The number of rotatable bonds is 6. The molecule has 1 aromatic heterocycles. The number of nitrogens with zero attached hydrogens (tertiary/aromatic N) is 6. The third-order valence-electron chi connectivity index (χ3n) is 5.83. The zero-order chi connectivity index (χ0) is 23.4. The molecule has 1 N–H and O–H groups in total. The number of benzene rings is 2. The van der Waals surface area contributed by atoms with E-state index in [1.165, 1.54) is 0 Å². The maximum atomic E-state index is 13.3. The van der Waals surface area contributed by atoms with Gasteiger partial charge in [-0.25, -0.2) is 0 Å². The monoisotopic (exact) mass is 447 g/mol. The number of para-hydroxylation sites is 1. The minimum absolute atomic E-state index is 0.0327. The van der Waals surface area contributed by atoms with E-state index in [2.05, 4.69) is 25.7 Å². The lowest BCUT2D eigenvalue weighted by Gasteiger charge is -2.37. The SMILES string of the molecule is Cc1cccc(C(=O)NC(C(=O)N2CCN(c3nnnn3-c3ccccc3)CC2)C(C)C)c1. The second kappa shape index (κ2) is 9.81. The number of hydrogen-bond acceptors (Lipinski definition) is 6. The van der Waals surface area contributed by atoms with Gasteiger partial charge in [0.1, 0.15) is 6.04 Å². The van der Waals surface area contributed by atoms with Gasteiger partial charge in [0, 0.05) is 31.7 Å². The Labute approximate surface area is 193 Å². The molecule has 2 aromatic carbocycles. The van der Waals surface area contributed by atoms with Crippen LogP contribution in [0.15, 0.2) is 54.6 Å². The number of hydrogen-bond donors (Lipinski definition) is 1. The van der Waals surface area contributed by atoms with Crippen molar-refractivity contribution in [2.75, 3.05) is 31.1 Å². The molecule has 1 atom stereocenters. The first kappa shape index (κ1) is 22.4. The molecule has 3 aromatic rings. The summed E-state index contributed by atoms with van der Waals surface area (Å²) in [5.41, 5.74) is 2.45. The van der Waals surface area contributed by atoms with Crippen LogP contribution < -0.4 is 10.2 Å². The van der Waals surface area contributed by atoms with E-state index in [9.17, 15) is 9.59 Å². The average molecular weight is 448 g/mol. The predicted molar refractivity (Wildman–Crippen MR) is 125 cm³/mol. The standard InChI is InChI=1S/C24H29N7O2/c1-17(2)21(25-22(32)19-9-7-8-18(3)16-19)23(33)29-12-14-30(15-13-29)24-26-27-28-31(24)20-10-5-4-6-11-20/h4-11,16-17,21H,12-15H2,1-3H3,(H,25,32). The molecule has 9 nitrogen and oxygen atoms in total. The molecule has 0 spiro atoms. The minimum Gasteiger partial charge on any atom is -0.340 e. The van der Waals surface area contributed by atoms with Crippen LogP contribution in [0.25, 0.3) is 5.69 Å². The molecule has 4 rings (SSSR count). The lowest BCUT2D eigenvalue weighted by atomic mass is 10.0. The molecule has 0 saturated carbocycles. The van der Waals surface area contributed by atoms with E-state index in [4.69, 9.17) is 0 Å². The van der Waals surface area contributed by atoms with Crippen LogP contribution in [0.4, 0.5) is 5.95 Å². The number of tetrazole rings is 1. The molecule has 2 amide bonds. The molecule has 33 heavy (non-hydrogen) atoms. The van der Waals surface area contributed by atoms with E-state index >= 15 is 0 Å². The Hall–Kier alpha value is -3.75. The Bertz CT molecular complexity index is 1100. The molecule has 1 aliphatic heterocycles. The van der Waals surface area contributed by atoms with Crippen LogP contribution in [-0.2, 0) is 4.79 Å². The van der Waals surface area contributed by atoms with Crippen LogP contribution in [-0.4, -0.2) is 69.1 Å². The molecule has 1 unspecified atom stereocenters. The van der Waals surface area contributed by atoms with E-state index < -0.39 is 6.04 Å². The number of carbonyl (C=O) groups is 2. The summed E-state index contributed by atoms with van der Waals surface area (Å²) < 4.78 is 1.70. The summed E-state index contributed by atoms with van der Waals surface area (Å²) in [5, 5.41) is 15.1. The van der Waals surface area contributed by atoms with E-state index in [1.807, 2.05) is 74.2 Å². The summed E-state index contributed by atoms with van der Waals surface area (Å²) in [7, 11) is 0. The van der Waals surface area contributed by atoms with Gasteiger partial charge < -0.3 is 15.1 Å². The summed E-state index contributed by atoms with van der Waals surface area (Å²) >= 11 is 0. The number of aryl methyl sites for hydroxylation is 1. The van der Waals surface area contributed by atoms with Gasteiger partial charge in [-0.15, -0.1) is 0 Å². The molecular weight excluding hydrogens is 418 g/mol. The van der Waals surface area contributed by atoms with Crippen molar-refractivity contribution in [3.8, 4) is 5.69 Å². The summed E-state index contributed by atoms with van der Waals surface area (Å²) in [6.07, 6.45) is 0. The van der Waals surface area contributed by atoms with Gasteiger partial charge in [0.25, 0.3) is 5.91 Å². The Morgan fingerprint density at radius 2 is 1.70 bits per heavy atom. The third kappa shape index (κ3) is 5.02. The normalized spacial score (nSPS) is 14.9. The van der Waals surface area contributed by atoms with Gasteiger partial charge in [0.15, 0.2) is 0 Å². The lowest BCUT2D eigenvalue weighted by Crippen LogP contribution is -2.56. The van der Waals surface area contributed by atoms with Crippen molar-refractivity contribution in [2.24, 2.45) is 5.92 Å². The van der Waals surface area contributed by atoms with Crippen LogP contribution in [0.1, 0.15) is 29.8 Å². The van der Waals surface area contributed by atoms with Crippen molar-refractivity contribution >= 4 is 17.8 Å². The van der Waals surface area contributed by atoms with Gasteiger partial charge in [-0.2, -0.15) is 4.68 Å². The lowest BCUT2D eigenvalue weighted by molar-refractivity contribution is -0.134. The number of amides is 2. The highest BCUT2D eigenvalue weighted by atomic mass is 16.2.